The number of fused-ring (bicyclic) bond motifs is 4. The Balaban J connectivity index is 1.29. The highest BCUT2D eigenvalue weighted by molar-refractivity contribution is 5.96. The Morgan fingerprint density at radius 1 is 1.18 bits per heavy atom. The smallest absolute Gasteiger partial charge is 0.237 e. The summed E-state index contributed by atoms with van der Waals surface area (Å²) in [5.41, 5.74) is 13.0. The lowest BCUT2D eigenvalue weighted by molar-refractivity contribution is 0.270. The van der Waals surface area contributed by atoms with Crippen LogP contribution in [0.25, 0.3) is 22.0 Å². The van der Waals surface area contributed by atoms with Crippen LogP contribution < -0.4 is 25.8 Å². The van der Waals surface area contributed by atoms with Gasteiger partial charge >= 0.3 is 0 Å². The van der Waals surface area contributed by atoms with E-state index in [-0.39, 0.29) is 11.1 Å². The molecule has 3 aliphatic rings. The van der Waals surface area contributed by atoms with E-state index < -0.39 is 5.82 Å². The average molecular weight is 528 g/mol. The maximum absolute atomic E-state index is 15.5. The molecular formula is C29H30FN7O2. The predicted molar refractivity (Wildman–Crippen MR) is 149 cm³/mol. The molecule has 0 atom stereocenters. The van der Waals surface area contributed by atoms with Crippen molar-refractivity contribution in [2.45, 2.75) is 31.7 Å². The molecule has 1 spiro atoms. The van der Waals surface area contributed by atoms with Crippen LogP contribution in [0.1, 0.15) is 29.5 Å². The molecule has 4 aromatic rings. The van der Waals surface area contributed by atoms with Gasteiger partial charge in [0, 0.05) is 54.0 Å². The van der Waals surface area contributed by atoms with Crippen LogP contribution in [0.15, 0.2) is 30.6 Å². The molecule has 1 fully saturated rings. The number of pyridine rings is 1. The van der Waals surface area contributed by atoms with Gasteiger partial charge in [-0.05, 0) is 61.7 Å². The summed E-state index contributed by atoms with van der Waals surface area (Å²) >= 11 is 0. The van der Waals surface area contributed by atoms with Crippen molar-refractivity contribution >= 4 is 33.9 Å². The Hall–Kier alpha value is -4.18. The van der Waals surface area contributed by atoms with Crippen LogP contribution in [0.4, 0.5) is 27.4 Å². The molecule has 0 bridgehead atoms. The number of aromatic nitrogens is 3. The summed E-state index contributed by atoms with van der Waals surface area (Å²) in [5, 5.41) is 7.08. The van der Waals surface area contributed by atoms with Crippen LogP contribution in [-0.2, 0) is 12.0 Å². The fourth-order valence-electron chi connectivity index (χ4n) is 6.09. The Morgan fingerprint density at radius 3 is 2.82 bits per heavy atom. The minimum atomic E-state index is -0.525. The van der Waals surface area contributed by atoms with Crippen molar-refractivity contribution in [3.63, 3.8) is 0 Å². The summed E-state index contributed by atoms with van der Waals surface area (Å²) in [4.78, 5) is 15.9. The van der Waals surface area contributed by atoms with Crippen molar-refractivity contribution in [1.82, 2.24) is 19.9 Å². The van der Waals surface area contributed by atoms with Gasteiger partial charge in [-0.2, -0.15) is 0 Å². The van der Waals surface area contributed by atoms with Gasteiger partial charge in [0.25, 0.3) is 0 Å². The molecule has 0 amide bonds. The van der Waals surface area contributed by atoms with E-state index in [2.05, 4.69) is 44.7 Å². The van der Waals surface area contributed by atoms with E-state index in [1.807, 2.05) is 6.92 Å². The molecule has 1 saturated carbocycles. The van der Waals surface area contributed by atoms with Crippen LogP contribution >= 0.6 is 0 Å². The molecule has 0 saturated heterocycles. The second-order valence-electron chi connectivity index (χ2n) is 10.8. The number of anilines is 4. The molecule has 2 aliphatic heterocycles. The first-order valence-corrected chi connectivity index (χ1v) is 13.2. The third-order valence-electron chi connectivity index (χ3n) is 8.21. The molecule has 0 unspecified atom stereocenters. The summed E-state index contributed by atoms with van der Waals surface area (Å²) < 4.78 is 26.9. The first-order chi connectivity index (χ1) is 18.9. The highest BCUT2D eigenvalue weighted by Crippen LogP contribution is 2.54. The van der Waals surface area contributed by atoms with E-state index in [4.69, 9.17) is 20.2 Å². The maximum atomic E-state index is 15.5. The predicted octanol–water partition coefficient (Wildman–Crippen LogP) is 4.76. The Labute approximate surface area is 225 Å². The minimum Gasteiger partial charge on any atom is -0.495 e. The van der Waals surface area contributed by atoms with Gasteiger partial charge in [-0.25, -0.2) is 19.3 Å². The number of methoxy groups -OCH3 is 1. The van der Waals surface area contributed by atoms with Crippen molar-refractivity contribution in [2.24, 2.45) is 0 Å². The fraction of sp³-hybridized carbons (Fsp3) is 0.345. The Morgan fingerprint density at radius 2 is 2.03 bits per heavy atom. The Bertz CT molecular complexity index is 1650. The SMILES string of the molecule is COc1cc2c(cc1Nc1ncc3c(N)c(F)c(-c4cnc5c(c4C)NCCO5)cc3n1)CN(C)CC21CC1. The first kappa shape index (κ1) is 23.9. The number of benzene rings is 2. The first-order valence-electron chi connectivity index (χ1n) is 13.2. The number of halogens is 1. The number of hydrogen-bond acceptors (Lipinski definition) is 9. The lowest BCUT2D eigenvalue weighted by Crippen LogP contribution is -2.35. The quantitative estimate of drug-likeness (QED) is 0.324. The van der Waals surface area contributed by atoms with E-state index in [0.717, 1.165) is 35.8 Å². The molecule has 7 rings (SSSR count). The zero-order valence-corrected chi connectivity index (χ0v) is 22.2. The highest BCUT2D eigenvalue weighted by Gasteiger charge is 2.48. The number of nitrogens with two attached hydrogens (primary N) is 1. The van der Waals surface area contributed by atoms with Crippen LogP contribution in [0.5, 0.6) is 11.6 Å². The molecule has 1 aliphatic carbocycles. The van der Waals surface area contributed by atoms with Crippen molar-refractivity contribution in [1.29, 1.82) is 0 Å². The summed E-state index contributed by atoms with van der Waals surface area (Å²) in [7, 11) is 3.84. The largest absolute Gasteiger partial charge is 0.495 e. The lowest BCUT2D eigenvalue weighted by atomic mass is 9.86. The summed E-state index contributed by atoms with van der Waals surface area (Å²) in [6, 6.07) is 6.00. The molecule has 39 heavy (non-hydrogen) atoms. The summed E-state index contributed by atoms with van der Waals surface area (Å²) in [6.07, 6.45) is 5.58. The number of nitrogen functional groups attached to an aromatic ring is 1. The summed E-state index contributed by atoms with van der Waals surface area (Å²) in [6.45, 7) is 5.06. The van der Waals surface area contributed by atoms with E-state index in [9.17, 15) is 0 Å². The van der Waals surface area contributed by atoms with Crippen molar-refractivity contribution in [3.05, 3.63) is 53.1 Å². The molecular weight excluding hydrogens is 497 g/mol. The van der Waals surface area contributed by atoms with Gasteiger partial charge in [-0.15, -0.1) is 0 Å². The number of nitrogens with zero attached hydrogens (tertiary/aromatic N) is 4. The van der Waals surface area contributed by atoms with Crippen molar-refractivity contribution < 1.29 is 13.9 Å². The van der Waals surface area contributed by atoms with Gasteiger partial charge < -0.3 is 30.7 Å². The van der Waals surface area contributed by atoms with Gasteiger partial charge in [-0.1, -0.05) is 0 Å². The molecule has 4 N–H and O–H groups in total. The van der Waals surface area contributed by atoms with Gasteiger partial charge in [0.05, 0.1) is 24.0 Å². The number of rotatable bonds is 4. The van der Waals surface area contributed by atoms with Crippen LogP contribution in [0.3, 0.4) is 0 Å². The highest BCUT2D eigenvalue weighted by atomic mass is 19.1. The van der Waals surface area contributed by atoms with E-state index >= 15 is 4.39 Å². The normalized spacial score (nSPS) is 17.2. The van der Waals surface area contributed by atoms with E-state index in [1.54, 1.807) is 25.6 Å². The average Bonchev–Trinajstić information content (AvgIpc) is 3.70. The standard InChI is InChI=1S/C29H30FN7O2/c1-15-18(11-33-27-26(15)32-6-7-39-27)17-9-21-19(25(31)24(17)30)12-34-28(35-21)36-22-8-16-13-37(2)14-29(4-5-29)20(16)10-23(22)38-3/h8-12,32H,4-7,13-14,31H2,1-3H3,(H,34,35,36). The summed E-state index contributed by atoms with van der Waals surface area (Å²) in [5.74, 6) is 1.11. The third-order valence-corrected chi connectivity index (χ3v) is 8.21. The lowest BCUT2D eigenvalue weighted by Gasteiger charge is -2.33. The monoisotopic (exact) mass is 527 g/mol. The molecule has 2 aromatic heterocycles. The number of ether oxygens (including phenoxy) is 2. The fourth-order valence-corrected chi connectivity index (χ4v) is 6.09. The zero-order chi connectivity index (χ0) is 26.9. The number of nitrogens with one attached hydrogen (secondary N) is 2. The van der Waals surface area contributed by atoms with Crippen LogP contribution in [0.2, 0.25) is 0 Å². The molecule has 200 valence electrons. The van der Waals surface area contributed by atoms with Gasteiger partial charge in [0.1, 0.15) is 18.0 Å². The molecule has 2 aromatic carbocycles. The number of hydrogen-bond donors (Lipinski definition) is 3. The molecule has 0 radical (unpaired) electrons. The van der Waals surface area contributed by atoms with Gasteiger partial charge in [0.2, 0.25) is 11.8 Å². The second kappa shape index (κ2) is 8.67. The third kappa shape index (κ3) is 3.81. The van der Waals surface area contributed by atoms with Crippen LogP contribution in [-0.4, -0.2) is 53.7 Å². The molecule has 4 heterocycles. The van der Waals surface area contributed by atoms with Gasteiger partial charge in [0.15, 0.2) is 5.82 Å². The second-order valence-corrected chi connectivity index (χ2v) is 10.8. The van der Waals surface area contributed by atoms with Crippen molar-refractivity contribution in [2.75, 3.05) is 50.2 Å². The molecule has 10 heteroatoms. The van der Waals surface area contributed by atoms with Crippen molar-refractivity contribution in [3.8, 4) is 22.8 Å². The van der Waals surface area contributed by atoms with E-state index in [1.165, 1.54) is 24.0 Å². The maximum Gasteiger partial charge on any atom is 0.237 e. The Kier molecular flexibility index (Phi) is 5.31. The van der Waals surface area contributed by atoms with Gasteiger partial charge in [-0.3, -0.25) is 0 Å². The van der Waals surface area contributed by atoms with Crippen LogP contribution in [0, 0.1) is 12.7 Å². The number of likely N-dealkylation sites (N-methyl/N-ethyl adjacent to an activating group) is 1. The van der Waals surface area contributed by atoms with E-state index in [0.29, 0.717) is 47.0 Å². The zero-order valence-electron chi connectivity index (χ0n) is 22.2. The molecule has 9 nitrogen and oxygen atoms in total. The topological polar surface area (TPSA) is 110 Å². The minimum absolute atomic E-state index is 0.000454.